The fourth-order valence-electron chi connectivity index (χ4n) is 2.37. The van der Waals surface area contributed by atoms with E-state index in [1.165, 1.54) is 0 Å². The van der Waals surface area contributed by atoms with E-state index < -0.39 is 5.60 Å². The Kier molecular flexibility index (Phi) is 4.65. The summed E-state index contributed by atoms with van der Waals surface area (Å²) in [4.78, 5) is 22.3. The van der Waals surface area contributed by atoms with Crippen LogP contribution in [0.25, 0.3) is 0 Å². The molecule has 21 heavy (non-hydrogen) atoms. The maximum absolute atomic E-state index is 12.0. The summed E-state index contributed by atoms with van der Waals surface area (Å²) in [6, 6.07) is 0. The molecule has 0 saturated carbocycles. The molecule has 1 atom stereocenters. The van der Waals surface area contributed by atoms with Gasteiger partial charge < -0.3 is 14.4 Å². The second-order valence-corrected chi connectivity index (χ2v) is 6.34. The van der Waals surface area contributed by atoms with Crippen molar-refractivity contribution in [3.63, 3.8) is 0 Å². The van der Waals surface area contributed by atoms with Crippen LogP contribution in [0.3, 0.4) is 0 Å². The molecule has 0 spiro atoms. The van der Waals surface area contributed by atoms with E-state index in [4.69, 9.17) is 9.47 Å². The molecule has 0 bridgehead atoms. The minimum atomic E-state index is -0.451. The lowest BCUT2D eigenvalue weighted by atomic mass is 10.0. The van der Waals surface area contributed by atoms with Gasteiger partial charge in [0.2, 0.25) is 5.88 Å². The standard InChI is InChI=1S/C15H23N3O3/c1-15(2,3)21-14(19)18-6-5-11(10-18)7-12-8-16-9-13(17-12)20-4/h8-9,11H,5-7,10H2,1-4H3. The Morgan fingerprint density at radius 1 is 1.43 bits per heavy atom. The third-order valence-corrected chi connectivity index (χ3v) is 3.31. The van der Waals surface area contributed by atoms with Gasteiger partial charge >= 0.3 is 6.09 Å². The van der Waals surface area contributed by atoms with Crippen LogP contribution in [0.1, 0.15) is 32.9 Å². The molecule has 1 amide bonds. The highest BCUT2D eigenvalue weighted by molar-refractivity contribution is 5.68. The van der Waals surface area contributed by atoms with Crippen molar-refractivity contribution in [1.82, 2.24) is 14.9 Å². The van der Waals surface area contributed by atoms with Crippen LogP contribution in [-0.4, -0.2) is 46.8 Å². The molecule has 0 aliphatic carbocycles. The molecule has 116 valence electrons. The lowest BCUT2D eigenvalue weighted by Gasteiger charge is -2.24. The SMILES string of the molecule is COc1cncc(CC2CCN(C(=O)OC(C)(C)C)C2)n1. The van der Waals surface area contributed by atoms with Crippen LogP contribution >= 0.6 is 0 Å². The number of hydrogen-bond acceptors (Lipinski definition) is 5. The Balaban J connectivity index is 1.89. The summed E-state index contributed by atoms with van der Waals surface area (Å²) in [5.41, 5.74) is 0.443. The highest BCUT2D eigenvalue weighted by atomic mass is 16.6. The number of ether oxygens (including phenoxy) is 2. The van der Waals surface area contributed by atoms with Crippen molar-refractivity contribution in [2.45, 2.75) is 39.2 Å². The molecule has 6 heteroatoms. The predicted octanol–water partition coefficient (Wildman–Crippen LogP) is 2.28. The second kappa shape index (κ2) is 6.28. The summed E-state index contributed by atoms with van der Waals surface area (Å²) in [6.07, 6.45) is 4.85. The summed E-state index contributed by atoms with van der Waals surface area (Å²) in [5.74, 6) is 0.911. The number of rotatable bonds is 3. The summed E-state index contributed by atoms with van der Waals surface area (Å²) < 4.78 is 10.5. The molecule has 0 radical (unpaired) electrons. The number of aromatic nitrogens is 2. The van der Waals surface area contributed by atoms with Crippen molar-refractivity contribution >= 4 is 6.09 Å². The number of carbonyl (C=O) groups excluding carboxylic acids is 1. The number of hydrogen-bond donors (Lipinski definition) is 0. The summed E-state index contributed by atoms with van der Waals surface area (Å²) in [5, 5.41) is 0. The van der Waals surface area contributed by atoms with E-state index in [1.807, 2.05) is 20.8 Å². The van der Waals surface area contributed by atoms with Crippen molar-refractivity contribution in [1.29, 1.82) is 0 Å². The molecule has 2 heterocycles. The second-order valence-electron chi connectivity index (χ2n) is 6.34. The van der Waals surface area contributed by atoms with Gasteiger partial charge in [-0.25, -0.2) is 9.78 Å². The monoisotopic (exact) mass is 293 g/mol. The van der Waals surface area contributed by atoms with Gasteiger partial charge in [-0.1, -0.05) is 0 Å². The van der Waals surface area contributed by atoms with Crippen LogP contribution in [-0.2, 0) is 11.2 Å². The smallest absolute Gasteiger partial charge is 0.410 e. The molecular formula is C15H23N3O3. The molecule has 1 aliphatic heterocycles. The Morgan fingerprint density at radius 3 is 2.86 bits per heavy atom. The number of nitrogens with zero attached hydrogens (tertiary/aromatic N) is 3. The third-order valence-electron chi connectivity index (χ3n) is 3.31. The van der Waals surface area contributed by atoms with Gasteiger partial charge in [0.25, 0.3) is 0 Å². The number of carbonyl (C=O) groups is 1. The largest absolute Gasteiger partial charge is 0.480 e. The van der Waals surface area contributed by atoms with Crippen LogP contribution in [0.2, 0.25) is 0 Å². The normalized spacial score (nSPS) is 18.7. The van der Waals surface area contributed by atoms with E-state index >= 15 is 0 Å². The van der Waals surface area contributed by atoms with E-state index in [9.17, 15) is 4.79 Å². The van der Waals surface area contributed by atoms with Gasteiger partial charge in [0.05, 0.1) is 19.0 Å². The number of likely N-dealkylation sites (tertiary alicyclic amines) is 1. The highest BCUT2D eigenvalue weighted by Crippen LogP contribution is 2.22. The van der Waals surface area contributed by atoms with Crippen molar-refractivity contribution in [3.05, 3.63) is 18.1 Å². The van der Waals surface area contributed by atoms with Crippen molar-refractivity contribution in [3.8, 4) is 5.88 Å². The van der Waals surface area contributed by atoms with Crippen molar-refractivity contribution in [2.24, 2.45) is 5.92 Å². The van der Waals surface area contributed by atoms with E-state index in [2.05, 4.69) is 9.97 Å². The summed E-state index contributed by atoms with van der Waals surface area (Å²) in [7, 11) is 1.58. The topological polar surface area (TPSA) is 64.5 Å². The molecule has 1 aromatic heterocycles. The van der Waals surface area contributed by atoms with Gasteiger partial charge in [-0.2, -0.15) is 0 Å². The molecule has 1 aliphatic rings. The fourth-order valence-corrected chi connectivity index (χ4v) is 2.37. The zero-order chi connectivity index (χ0) is 15.5. The maximum atomic E-state index is 12.0. The highest BCUT2D eigenvalue weighted by Gasteiger charge is 2.30. The van der Waals surface area contributed by atoms with Gasteiger partial charge in [0, 0.05) is 19.3 Å². The van der Waals surface area contributed by atoms with Crippen LogP contribution in [0, 0.1) is 5.92 Å². The average Bonchev–Trinajstić information content (AvgIpc) is 2.85. The maximum Gasteiger partial charge on any atom is 0.410 e. The average molecular weight is 293 g/mol. The summed E-state index contributed by atoms with van der Waals surface area (Å²) >= 11 is 0. The number of methoxy groups -OCH3 is 1. The van der Waals surface area contributed by atoms with E-state index in [1.54, 1.807) is 24.4 Å². The molecular weight excluding hydrogens is 270 g/mol. The third kappa shape index (κ3) is 4.58. The quantitative estimate of drug-likeness (QED) is 0.855. The summed E-state index contributed by atoms with van der Waals surface area (Å²) in [6.45, 7) is 7.07. The minimum absolute atomic E-state index is 0.235. The van der Waals surface area contributed by atoms with Gasteiger partial charge in [0.1, 0.15) is 5.60 Å². The van der Waals surface area contributed by atoms with Gasteiger partial charge in [-0.15, -0.1) is 0 Å². The molecule has 1 unspecified atom stereocenters. The van der Waals surface area contributed by atoms with Crippen LogP contribution in [0.5, 0.6) is 5.88 Å². The molecule has 1 aromatic rings. The first-order valence-electron chi connectivity index (χ1n) is 7.20. The van der Waals surface area contributed by atoms with E-state index in [0.717, 1.165) is 25.1 Å². The molecule has 0 aromatic carbocycles. The Hall–Kier alpha value is -1.85. The zero-order valence-corrected chi connectivity index (χ0v) is 13.1. The molecule has 6 nitrogen and oxygen atoms in total. The Morgan fingerprint density at radius 2 is 2.19 bits per heavy atom. The number of amides is 1. The van der Waals surface area contributed by atoms with Gasteiger partial charge in [0.15, 0.2) is 0 Å². The first kappa shape index (κ1) is 15.5. The van der Waals surface area contributed by atoms with E-state index in [0.29, 0.717) is 18.3 Å². The van der Waals surface area contributed by atoms with Crippen molar-refractivity contribution < 1.29 is 14.3 Å². The van der Waals surface area contributed by atoms with Crippen LogP contribution in [0.15, 0.2) is 12.4 Å². The molecule has 2 rings (SSSR count). The first-order chi connectivity index (χ1) is 9.87. The lowest BCUT2D eigenvalue weighted by Crippen LogP contribution is -2.35. The molecule has 0 N–H and O–H groups in total. The lowest BCUT2D eigenvalue weighted by molar-refractivity contribution is 0.0288. The van der Waals surface area contributed by atoms with Crippen molar-refractivity contribution in [2.75, 3.05) is 20.2 Å². The van der Waals surface area contributed by atoms with Gasteiger partial charge in [-0.05, 0) is 39.5 Å². The zero-order valence-electron chi connectivity index (χ0n) is 13.1. The minimum Gasteiger partial charge on any atom is -0.480 e. The van der Waals surface area contributed by atoms with Crippen LogP contribution in [0.4, 0.5) is 4.79 Å². The predicted molar refractivity (Wildman–Crippen MR) is 78.2 cm³/mol. The Bertz CT molecular complexity index is 499. The molecule has 1 fully saturated rings. The fraction of sp³-hybridized carbons (Fsp3) is 0.667. The van der Waals surface area contributed by atoms with Crippen LogP contribution < -0.4 is 4.74 Å². The first-order valence-corrected chi connectivity index (χ1v) is 7.20. The van der Waals surface area contributed by atoms with E-state index in [-0.39, 0.29) is 6.09 Å². The Labute approximate surface area is 125 Å². The molecule has 1 saturated heterocycles. The van der Waals surface area contributed by atoms with Gasteiger partial charge in [-0.3, -0.25) is 4.98 Å².